The molecule has 82 valence electrons. The minimum Gasteiger partial charge on any atom is -0.504 e. The lowest BCUT2D eigenvalue weighted by molar-refractivity contribution is -0.159. The molecule has 0 aliphatic carbocycles. The summed E-state index contributed by atoms with van der Waals surface area (Å²) in [6.45, 7) is 0. The van der Waals surface area contributed by atoms with Crippen molar-refractivity contribution in [2.24, 2.45) is 0 Å². The highest BCUT2D eigenvalue weighted by Crippen LogP contribution is 2.22. The van der Waals surface area contributed by atoms with Crippen LogP contribution in [-0.2, 0) is 9.59 Å². The standard InChI is InChI=1S/C7H8O2.C2H2O4/c1-9-7-5-3-2-4-6(7)8;3-1(4)2(5)6/h2-5,8H,1H3;(H,3,4)(H,5,6). The summed E-state index contributed by atoms with van der Waals surface area (Å²) in [6, 6.07) is 6.84. The summed E-state index contributed by atoms with van der Waals surface area (Å²) in [5.41, 5.74) is 0. The normalized spacial score (nSPS) is 8.33. The Hall–Kier alpha value is -2.24. The van der Waals surface area contributed by atoms with Gasteiger partial charge < -0.3 is 20.1 Å². The fourth-order valence-corrected chi connectivity index (χ4v) is 0.630. The van der Waals surface area contributed by atoms with Gasteiger partial charge in [-0.3, -0.25) is 0 Å². The first kappa shape index (κ1) is 12.8. The molecule has 0 heterocycles. The number of carboxylic acids is 2. The van der Waals surface area contributed by atoms with E-state index in [1.165, 1.54) is 7.11 Å². The molecule has 6 nitrogen and oxygen atoms in total. The van der Waals surface area contributed by atoms with Crippen LogP contribution in [0.2, 0.25) is 0 Å². The monoisotopic (exact) mass is 214 g/mol. The first-order valence-electron chi connectivity index (χ1n) is 3.77. The Labute approximate surface area is 85.4 Å². The van der Waals surface area contributed by atoms with Gasteiger partial charge in [0.15, 0.2) is 11.5 Å². The van der Waals surface area contributed by atoms with Crippen LogP contribution in [-0.4, -0.2) is 34.4 Å². The molecule has 6 heteroatoms. The van der Waals surface area contributed by atoms with Crippen LogP contribution in [0, 0.1) is 0 Å². The molecule has 0 radical (unpaired) electrons. The van der Waals surface area contributed by atoms with Gasteiger partial charge in [-0.05, 0) is 12.1 Å². The van der Waals surface area contributed by atoms with E-state index < -0.39 is 11.9 Å². The fourth-order valence-electron chi connectivity index (χ4n) is 0.630. The van der Waals surface area contributed by atoms with Gasteiger partial charge in [-0.15, -0.1) is 0 Å². The molecular weight excluding hydrogens is 204 g/mol. The van der Waals surface area contributed by atoms with Crippen molar-refractivity contribution in [1.82, 2.24) is 0 Å². The summed E-state index contributed by atoms with van der Waals surface area (Å²) in [5, 5.41) is 23.8. The van der Waals surface area contributed by atoms with Crippen LogP contribution < -0.4 is 4.74 Å². The summed E-state index contributed by atoms with van der Waals surface area (Å²) in [4.78, 5) is 18.2. The van der Waals surface area contributed by atoms with Gasteiger partial charge in [-0.25, -0.2) is 9.59 Å². The van der Waals surface area contributed by atoms with Crippen molar-refractivity contribution in [2.45, 2.75) is 0 Å². The topological polar surface area (TPSA) is 104 Å². The molecule has 0 aromatic heterocycles. The largest absolute Gasteiger partial charge is 0.504 e. The number of phenols is 1. The molecule has 0 aliphatic heterocycles. The molecule has 0 aliphatic rings. The molecule has 1 aromatic rings. The van der Waals surface area contributed by atoms with Crippen LogP contribution in [0.4, 0.5) is 0 Å². The molecule has 0 atom stereocenters. The number of hydrogen-bond donors (Lipinski definition) is 3. The Morgan fingerprint density at radius 1 is 1.13 bits per heavy atom. The molecule has 3 N–H and O–H groups in total. The van der Waals surface area contributed by atoms with Crippen LogP contribution in [0.5, 0.6) is 11.5 Å². The molecule has 0 fully saturated rings. The number of aromatic hydroxyl groups is 1. The number of carbonyl (C=O) groups is 2. The Kier molecular flexibility index (Phi) is 5.32. The molecule has 0 spiro atoms. The number of aliphatic carboxylic acids is 2. The van der Waals surface area contributed by atoms with Crippen molar-refractivity contribution < 1.29 is 29.6 Å². The average molecular weight is 214 g/mol. The van der Waals surface area contributed by atoms with Crippen molar-refractivity contribution in [3.8, 4) is 11.5 Å². The number of benzene rings is 1. The van der Waals surface area contributed by atoms with Crippen molar-refractivity contribution in [1.29, 1.82) is 0 Å². The third-order valence-corrected chi connectivity index (χ3v) is 1.27. The Bertz CT molecular complexity index is 334. The van der Waals surface area contributed by atoms with Crippen LogP contribution in [0.15, 0.2) is 24.3 Å². The first-order valence-corrected chi connectivity index (χ1v) is 3.77. The van der Waals surface area contributed by atoms with E-state index in [1.54, 1.807) is 24.3 Å². The van der Waals surface area contributed by atoms with Crippen molar-refractivity contribution >= 4 is 11.9 Å². The van der Waals surface area contributed by atoms with E-state index in [1.807, 2.05) is 0 Å². The average Bonchev–Trinajstić information content (AvgIpc) is 2.19. The predicted molar refractivity (Wildman–Crippen MR) is 49.9 cm³/mol. The fraction of sp³-hybridized carbons (Fsp3) is 0.111. The Morgan fingerprint density at radius 3 is 1.87 bits per heavy atom. The van der Waals surface area contributed by atoms with E-state index >= 15 is 0 Å². The van der Waals surface area contributed by atoms with Crippen LogP contribution in [0.1, 0.15) is 0 Å². The number of hydrogen-bond acceptors (Lipinski definition) is 4. The number of phenolic OH excluding ortho intramolecular Hbond substituents is 1. The summed E-state index contributed by atoms with van der Waals surface area (Å²) >= 11 is 0. The zero-order valence-corrected chi connectivity index (χ0v) is 7.88. The summed E-state index contributed by atoms with van der Waals surface area (Å²) in [7, 11) is 1.52. The van der Waals surface area contributed by atoms with E-state index in [-0.39, 0.29) is 5.75 Å². The summed E-state index contributed by atoms with van der Waals surface area (Å²) < 4.78 is 4.79. The molecule has 15 heavy (non-hydrogen) atoms. The van der Waals surface area contributed by atoms with Gasteiger partial charge in [0.25, 0.3) is 0 Å². The van der Waals surface area contributed by atoms with E-state index in [0.29, 0.717) is 5.75 Å². The van der Waals surface area contributed by atoms with Gasteiger partial charge >= 0.3 is 11.9 Å². The number of carboxylic acid groups (broad SMARTS) is 2. The SMILES string of the molecule is COc1ccccc1O.O=C(O)C(=O)O. The molecule has 0 saturated heterocycles. The number of methoxy groups -OCH3 is 1. The second-order valence-electron chi connectivity index (χ2n) is 2.28. The van der Waals surface area contributed by atoms with Gasteiger partial charge in [-0.1, -0.05) is 12.1 Å². The third-order valence-electron chi connectivity index (χ3n) is 1.27. The van der Waals surface area contributed by atoms with Crippen LogP contribution >= 0.6 is 0 Å². The smallest absolute Gasteiger partial charge is 0.414 e. The van der Waals surface area contributed by atoms with Crippen LogP contribution in [0.25, 0.3) is 0 Å². The molecule has 0 amide bonds. The summed E-state index contributed by atoms with van der Waals surface area (Å²) in [5.74, 6) is -2.96. The molecule has 1 rings (SSSR count). The minimum absolute atomic E-state index is 0.181. The van der Waals surface area contributed by atoms with Crippen molar-refractivity contribution in [2.75, 3.05) is 7.11 Å². The van der Waals surface area contributed by atoms with E-state index in [9.17, 15) is 0 Å². The highest BCUT2D eigenvalue weighted by atomic mass is 16.5. The Morgan fingerprint density at radius 2 is 1.60 bits per heavy atom. The zero-order valence-electron chi connectivity index (χ0n) is 7.88. The predicted octanol–water partition coefficient (Wildman–Crippen LogP) is 0.556. The van der Waals surface area contributed by atoms with Crippen molar-refractivity contribution in [3.05, 3.63) is 24.3 Å². The summed E-state index contributed by atoms with van der Waals surface area (Å²) in [6.07, 6.45) is 0. The van der Waals surface area contributed by atoms with E-state index in [2.05, 4.69) is 0 Å². The molecule has 1 aromatic carbocycles. The van der Waals surface area contributed by atoms with Gasteiger partial charge in [0.2, 0.25) is 0 Å². The van der Waals surface area contributed by atoms with Gasteiger partial charge in [0, 0.05) is 0 Å². The van der Waals surface area contributed by atoms with E-state index in [0.717, 1.165) is 0 Å². The number of rotatable bonds is 1. The maximum absolute atomic E-state index is 9.10. The maximum Gasteiger partial charge on any atom is 0.414 e. The highest BCUT2D eigenvalue weighted by molar-refractivity contribution is 6.27. The van der Waals surface area contributed by atoms with Gasteiger partial charge in [0.1, 0.15) is 0 Å². The number of para-hydroxylation sites is 2. The van der Waals surface area contributed by atoms with Gasteiger partial charge in [-0.2, -0.15) is 0 Å². The quantitative estimate of drug-likeness (QED) is 0.590. The molecular formula is C9H10O6. The lowest BCUT2D eigenvalue weighted by Gasteiger charge is -1.99. The minimum atomic E-state index is -1.82. The van der Waals surface area contributed by atoms with E-state index in [4.69, 9.17) is 29.6 Å². The molecule has 0 unspecified atom stereocenters. The lowest BCUT2D eigenvalue weighted by atomic mass is 10.3. The second kappa shape index (κ2) is 6.25. The zero-order chi connectivity index (χ0) is 11.8. The van der Waals surface area contributed by atoms with Crippen LogP contribution in [0.3, 0.4) is 0 Å². The maximum atomic E-state index is 9.10. The van der Waals surface area contributed by atoms with Gasteiger partial charge in [0.05, 0.1) is 7.11 Å². The van der Waals surface area contributed by atoms with Crippen molar-refractivity contribution in [3.63, 3.8) is 0 Å². The molecule has 0 bridgehead atoms. The number of ether oxygens (including phenoxy) is 1. The third kappa shape index (κ3) is 5.14. The molecule has 0 saturated carbocycles. The second-order valence-corrected chi connectivity index (χ2v) is 2.28. The highest BCUT2D eigenvalue weighted by Gasteiger charge is 2.04. The Balaban J connectivity index is 0.000000288. The lowest BCUT2D eigenvalue weighted by Crippen LogP contribution is -2.09. The first-order chi connectivity index (χ1) is 6.99.